The van der Waals surface area contributed by atoms with Gasteiger partial charge in [0.2, 0.25) is 0 Å². The lowest BCUT2D eigenvalue weighted by atomic mass is 9.98. The standard InChI is InChI=1S/C22H29N3O2Si/c1-22(16-23,27-28(2,3)4)13-19-15-25(14-17-8-6-5-7-9-17)20-12-18(24)10-11-21(20)26-19/h5-12,19H,13-15,24H2,1-4H3. The van der Waals surface area contributed by atoms with Crippen LogP contribution < -0.4 is 15.4 Å². The summed E-state index contributed by atoms with van der Waals surface area (Å²) in [6.07, 6.45) is 0.379. The van der Waals surface area contributed by atoms with E-state index in [2.05, 4.69) is 42.7 Å². The number of nitriles is 1. The van der Waals surface area contributed by atoms with Crippen molar-refractivity contribution < 1.29 is 9.16 Å². The molecule has 6 heteroatoms. The lowest BCUT2D eigenvalue weighted by Gasteiger charge is -2.40. The van der Waals surface area contributed by atoms with Crippen molar-refractivity contribution in [1.82, 2.24) is 0 Å². The summed E-state index contributed by atoms with van der Waals surface area (Å²) in [7, 11) is -1.86. The van der Waals surface area contributed by atoms with Crippen molar-refractivity contribution in [2.24, 2.45) is 0 Å². The van der Waals surface area contributed by atoms with Gasteiger partial charge < -0.3 is 19.8 Å². The highest BCUT2D eigenvalue weighted by atomic mass is 28.4. The van der Waals surface area contributed by atoms with Crippen molar-refractivity contribution in [3.63, 3.8) is 0 Å². The van der Waals surface area contributed by atoms with Crippen LogP contribution >= 0.6 is 0 Å². The monoisotopic (exact) mass is 395 g/mol. The molecule has 2 atom stereocenters. The van der Waals surface area contributed by atoms with Gasteiger partial charge in [0.25, 0.3) is 0 Å². The van der Waals surface area contributed by atoms with Gasteiger partial charge >= 0.3 is 0 Å². The Balaban J connectivity index is 1.85. The molecule has 1 heterocycles. The van der Waals surface area contributed by atoms with Gasteiger partial charge in [0.05, 0.1) is 18.3 Å². The van der Waals surface area contributed by atoms with E-state index in [0.29, 0.717) is 18.7 Å². The van der Waals surface area contributed by atoms with Crippen molar-refractivity contribution in [2.45, 2.75) is 51.2 Å². The highest BCUT2D eigenvalue weighted by Gasteiger charge is 2.37. The Morgan fingerprint density at radius 1 is 1.25 bits per heavy atom. The van der Waals surface area contributed by atoms with Gasteiger partial charge in [0, 0.05) is 18.7 Å². The molecule has 28 heavy (non-hydrogen) atoms. The number of ether oxygens (including phenoxy) is 1. The molecule has 0 radical (unpaired) electrons. The molecular formula is C22H29N3O2Si. The minimum Gasteiger partial charge on any atom is -0.486 e. The fourth-order valence-corrected chi connectivity index (χ4v) is 5.20. The Kier molecular flexibility index (Phi) is 5.68. The molecule has 2 N–H and O–H groups in total. The minimum absolute atomic E-state index is 0.138. The van der Waals surface area contributed by atoms with Crippen molar-refractivity contribution >= 4 is 19.7 Å². The zero-order valence-corrected chi connectivity index (χ0v) is 18.1. The molecular weight excluding hydrogens is 366 g/mol. The number of hydrogen-bond donors (Lipinski definition) is 1. The van der Waals surface area contributed by atoms with Crippen LogP contribution in [0.3, 0.4) is 0 Å². The lowest BCUT2D eigenvalue weighted by Crippen LogP contribution is -2.47. The molecule has 2 aromatic rings. The predicted molar refractivity (Wildman–Crippen MR) is 116 cm³/mol. The number of hydrogen-bond acceptors (Lipinski definition) is 5. The van der Waals surface area contributed by atoms with E-state index in [9.17, 15) is 5.26 Å². The van der Waals surface area contributed by atoms with Gasteiger partial charge in [0.15, 0.2) is 8.32 Å². The third kappa shape index (κ3) is 5.06. The molecule has 0 amide bonds. The maximum atomic E-state index is 9.77. The number of fused-ring (bicyclic) bond motifs is 1. The summed E-state index contributed by atoms with van der Waals surface area (Å²) < 4.78 is 12.5. The molecule has 1 aliphatic heterocycles. The maximum Gasteiger partial charge on any atom is 0.185 e. The van der Waals surface area contributed by atoms with Crippen LogP contribution in [0.4, 0.5) is 11.4 Å². The topological polar surface area (TPSA) is 71.5 Å². The summed E-state index contributed by atoms with van der Waals surface area (Å²) in [5.74, 6) is 0.801. The van der Waals surface area contributed by atoms with Crippen molar-refractivity contribution in [1.29, 1.82) is 5.26 Å². The SMILES string of the molecule is CC(C#N)(CC1CN(Cc2ccccc2)c2cc(N)ccc2O1)O[Si](C)(C)C. The fourth-order valence-electron chi connectivity index (χ4n) is 3.72. The molecule has 148 valence electrons. The molecule has 0 aromatic heterocycles. The molecule has 2 aromatic carbocycles. The predicted octanol–water partition coefficient (Wildman–Crippen LogP) is 4.56. The summed E-state index contributed by atoms with van der Waals surface area (Å²) in [5, 5.41) is 9.77. The Hall–Kier alpha value is -2.49. The Labute approximate surface area is 168 Å². The van der Waals surface area contributed by atoms with Crippen LogP contribution in [0, 0.1) is 11.3 Å². The van der Waals surface area contributed by atoms with Crippen molar-refractivity contribution in [3.05, 3.63) is 54.1 Å². The van der Waals surface area contributed by atoms with E-state index in [0.717, 1.165) is 18.0 Å². The summed E-state index contributed by atoms with van der Waals surface area (Å²) in [6, 6.07) is 18.4. The van der Waals surface area contributed by atoms with Crippen LogP contribution in [-0.4, -0.2) is 26.6 Å². The van der Waals surface area contributed by atoms with Crippen LogP contribution in [0.25, 0.3) is 0 Å². The number of nitrogen functional groups attached to an aromatic ring is 1. The minimum atomic E-state index is -1.86. The first-order valence-corrected chi connectivity index (χ1v) is 13.0. The van der Waals surface area contributed by atoms with Gasteiger partial charge in [-0.25, -0.2) is 0 Å². The average Bonchev–Trinajstić information content (AvgIpc) is 2.61. The smallest absolute Gasteiger partial charge is 0.185 e. The number of benzene rings is 2. The largest absolute Gasteiger partial charge is 0.486 e. The van der Waals surface area contributed by atoms with Gasteiger partial charge in [0.1, 0.15) is 17.5 Å². The highest BCUT2D eigenvalue weighted by molar-refractivity contribution is 6.69. The molecule has 0 bridgehead atoms. The van der Waals surface area contributed by atoms with Crippen molar-refractivity contribution in [2.75, 3.05) is 17.2 Å². The van der Waals surface area contributed by atoms with E-state index < -0.39 is 13.9 Å². The second kappa shape index (κ2) is 7.86. The fraction of sp³-hybridized carbons (Fsp3) is 0.409. The van der Waals surface area contributed by atoms with E-state index in [1.54, 1.807) is 0 Å². The Morgan fingerprint density at radius 2 is 1.96 bits per heavy atom. The van der Waals surface area contributed by atoms with Gasteiger partial charge in [-0.3, -0.25) is 0 Å². The lowest BCUT2D eigenvalue weighted by molar-refractivity contribution is 0.0685. The van der Waals surface area contributed by atoms with Gasteiger partial charge in [-0.2, -0.15) is 5.26 Å². The summed E-state index contributed by atoms with van der Waals surface area (Å²) in [4.78, 5) is 2.28. The van der Waals surface area contributed by atoms with E-state index in [4.69, 9.17) is 14.9 Å². The first kappa shape index (κ1) is 20.2. The van der Waals surface area contributed by atoms with Crippen LogP contribution in [0.15, 0.2) is 48.5 Å². The molecule has 1 aliphatic rings. The van der Waals surface area contributed by atoms with Gasteiger partial charge in [-0.1, -0.05) is 30.3 Å². The maximum absolute atomic E-state index is 9.77. The first-order valence-electron chi connectivity index (χ1n) is 9.64. The first-order chi connectivity index (χ1) is 13.2. The normalized spacial score (nSPS) is 18.5. The van der Waals surface area contributed by atoms with Crippen LogP contribution in [-0.2, 0) is 11.0 Å². The quantitative estimate of drug-likeness (QED) is 0.573. The molecule has 5 nitrogen and oxygen atoms in total. The Bertz CT molecular complexity index is 860. The second-order valence-corrected chi connectivity index (χ2v) is 13.0. The van der Waals surface area contributed by atoms with Gasteiger partial charge in [-0.15, -0.1) is 0 Å². The van der Waals surface area contributed by atoms with Crippen molar-refractivity contribution in [3.8, 4) is 11.8 Å². The van der Waals surface area contributed by atoms with Crippen LogP contribution in [0.2, 0.25) is 19.6 Å². The molecule has 0 saturated heterocycles. The zero-order chi connectivity index (χ0) is 20.4. The van der Waals surface area contributed by atoms with E-state index >= 15 is 0 Å². The number of nitrogens with two attached hydrogens (primary N) is 1. The molecule has 0 saturated carbocycles. The molecule has 0 fully saturated rings. The van der Waals surface area contributed by atoms with E-state index in [1.165, 1.54) is 5.56 Å². The number of nitrogens with zero attached hydrogens (tertiary/aromatic N) is 2. The third-order valence-corrected chi connectivity index (χ3v) is 5.71. The Morgan fingerprint density at radius 3 is 2.61 bits per heavy atom. The highest BCUT2D eigenvalue weighted by Crippen LogP contribution is 2.38. The summed E-state index contributed by atoms with van der Waals surface area (Å²) >= 11 is 0. The molecule has 3 rings (SSSR count). The summed E-state index contributed by atoms with van der Waals surface area (Å²) in [6.45, 7) is 9.61. The molecule has 0 spiro atoms. The third-order valence-electron chi connectivity index (χ3n) is 4.64. The number of rotatable bonds is 6. The summed E-state index contributed by atoms with van der Waals surface area (Å²) in [5.41, 5.74) is 8.08. The average molecular weight is 396 g/mol. The van der Waals surface area contributed by atoms with E-state index in [1.807, 2.05) is 43.3 Å². The molecule has 0 aliphatic carbocycles. The number of anilines is 2. The van der Waals surface area contributed by atoms with E-state index in [-0.39, 0.29) is 6.10 Å². The second-order valence-electron chi connectivity index (χ2n) is 8.59. The zero-order valence-electron chi connectivity index (χ0n) is 17.1. The van der Waals surface area contributed by atoms with Crippen LogP contribution in [0.1, 0.15) is 18.9 Å². The molecule has 2 unspecified atom stereocenters. The van der Waals surface area contributed by atoms with Gasteiger partial charge in [-0.05, 0) is 50.3 Å². The van der Waals surface area contributed by atoms with Crippen LogP contribution in [0.5, 0.6) is 5.75 Å².